The second kappa shape index (κ2) is 9.58. The number of nitrogen functional groups attached to an aromatic ring is 1. The molecule has 168 valence electrons. The highest BCUT2D eigenvalue weighted by atomic mass is 32.2. The van der Waals surface area contributed by atoms with Crippen molar-refractivity contribution < 1.29 is 9.53 Å². The largest absolute Gasteiger partial charge is 0.384 e. The fourth-order valence-electron chi connectivity index (χ4n) is 3.92. The standard InChI is InChI=1S/C22H25N5O4S/c1-31-12-11-26-19(23)18(20(29)25-21(26)30)17(28)13-32-22-24-15-9-5-6-10-16(15)27(22)14-7-3-2-4-8-14/h2-4,7-8H,5-6,9-13,23H2,1H3,(H,25,29,30). The Morgan fingerprint density at radius 1 is 1.22 bits per heavy atom. The number of Topliss-reactive ketones (excluding diaryl/α,β-unsaturated/α-hetero) is 1. The number of nitrogens with one attached hydrogen (secondary N) is 1. The zero-order chi connectivity index (χ0) is 22.7. The van der Waals surface area contributed by atoms with E-state index in [4.69, 9.17) is 15.5 Å². The van der Waals surface area contributed by atoms with Crippen LogP contribution in [-0.2, 0) is 24.1 Å². The number of ether oxygens (including phenoxy) is 1. The molecule has 2 aromatic heterocycles. The number of nitrogens with two attached hydrogens (primary N) is 1. The topological polar surface area (TPSA) is 125 Å². The SMILES string of the molecule is COCCn1c(N)c(C(=O)CSc2nc3c(n2-c2ccccc2)CCCC3)c(=O)[nH]c1=O. The molecule has 4 rings (SSSR count). The Hall–Kier alpha value is -3.11. The van der Waals surface area contributed by atoms with Crippen molar-refractivity contribution in [2.45, 2.75) is 37.4 Å². The second-order valence-corrected chi connectivity index (χ2v) is 8.48. The van der Waals surface area contributed by atoms with Crippen molar-refractivity contribution in [2.24, 2.45) is 0 Å². The molecule has 1 aliphatic carbocycles. The number of carbonyl (C=O) groups excluding carboxylic acids is 1. The molecule has 10 heteroatoms. The third kappa shape index (κ3) is 4.28. The van der Waals surface area contributed by atoms with Crippen LogP contribution < -0.4 is 17.0 Å². The minimum Gasteiger partial charge on any atom is -0.384 e. The van der Waals surface area contributed by atoms with Crippen LogP contribution in [0.4, 0.5) is 5.82 Å². The summed E-state index contributed by atoms with van der Waals surface area (Å²) in [6, 6.07) is 9.91. The summed E-state index contributed by atoms with van der Waals surface area (Å²) in [5.74, 6) is -0.633. The lowest BCUT2D eigenvalue weighted by Gasteiger charge is -2.15. The van der Waals surface area contributed by atoms with Crippen LogP contribution in [-0.4, -0.2) is 44.4 Å². The molecule has 0 radical (unpaired) electrons. The van der Waals surface area contributed by atoms with Crippen LogP contribution >= 0.6 is 11.8 Å². The number of hydrogen-bond acceptors (Lipinski definition) is 7. The van der Waals surface area contributed by atoms with E-state index < -0.39 is 17.0 Å². The number of aryl methyl sites for hydroxylation is 1. The molecule has 3 N–H and O–H groups in total. The normalized spacial score (nSPS) is 13.2. The number of para-hydroxylation sites is 1. The first-order chi connectivity index (χ1) is 15.5. The summed E-state index contributed by atoms with van der Waals surface area (Å²) in [7, 11) is 1.49. The van der Waals surface area contributed by atoms with Crippen molar-refractivity contribution in [3.8, 4) is 5.69 Å². The van der Waals surface area contributed by atoms with Crippen molar-refractivity contribution in [1.82, 2.24) is 19.1 Å². The molecule has 0 spiro atoms. The number of carbonyl (C=O) groups is 1. The smallest absolute Gasteiger partial charge is 0.330 e. The Balaban J connectivity index is 1.64. The van der Waals surface area contributed by atoms with Gasteiger partial charge < -0.3 is 10.5 Å². The van der Waals surface area contributed by atoms with E-state index in [0.717, 1.165) is 41.6 Å². The number of fused-ring (bicyclic) bond motifs is 1. The number of benzene rings is 1. The van der Waals surface area contributed by atoms with E-state index in [2.05, 4.69) is 9.55 Å². The predicted molar refractivity (Wildman–Crippen MR) is 123 cm³/mol. The molecule has 9 nitrogen and oxygen atoms in total. The number of H-pyrrole nitrogens is 1. The Morgan fingerprint density at radius 3 is 2.72 bits per heavy atom. The number of imidazole rings is 1. The molecule has 0 amide bonds. The monoisotopic (exact) mass is 455 g/mol. The molecular formula is C22H25N5O4S. The number of anilines is 1. The van der Waals surface area contributed by atoms with Gasteiger partial charge in [-0.15, -0.1) is 0 Å². The fraction of sp³-hybridized carbons (Fsp3) is 0.364. The van der Waals surface area contributed by atoms with Crippen LogP contribution in [0.2, 0.25) is 0 Å². The van der Waals surface area contributed by atoms with E-state index >= 15 is 0 Å². The lowest BCUT2D eigenvalue weighted by atomic mass is 10.0. The quantitative estimate of drug-likeness (QED) is 0.392. The Kier molecular flexibility index (Phi) is 6.61. The molecule has 32 heavy (non-hydrogen) atoms. The summed E-state index contributed by atoms with van der Waals surface area (Å²) >= 11 is 1.27. The van der Waals surface area contributed by atoms with Gasteiger partial charge in [0.25, 0.3) is 5.56 Å². The van der Waals surface area contributed by atoms with Gasteiger partial charge in [0.05, 0.1) is 24.6 Å². The number of thioether (sulfide) groups is 1. The number of aromatic amines is 1. The van der Waals surface area contributed by atoms with E-state index in [-0.39, 0.29) is 30.3 Å². The molecule has 2 heterocycles. The highest BCUT2D eigenvalue weighted by Crippen LogP contribution is 2.31. The number of aromatic nitrogens is 4. The average molecular weight is 456 g/mol. The van der Waals surface area contributed by atoms with Crippen molar-refractivity contribution in [1.29, 1.82) is 0 Å². The summed E-state index contributed by atoms with van der Waals surface area (Å²) in [5, 5.41) is 0.708. The first-order valence-corrected chi connectivity index (χ1v) is 11.4. The summed E-state index contributed by atoms with van der Waals surface area (Å²) in [6.07, 6.45) is 4.04. The Labute approximate surface area is 188 Å². The zero-order valence-electron chi connectivity index (χ0n) is 17.8. The van der Waals surface area contributed by atoms with Gasteiger partial charge >= 0.3 is 5.69 Å². The molecule has 0 atom stereocenters. The van der Waals surface area contributed by atoms with Gasteiger partial charge in [-0.2, -0.15) is 0 Å². The molecule has 0 bridgehead atoms. The zero-order valence-corrected chi connectivity index (χ0v) is 18.6. The molecule has 0 aliphatic heterocycles. The Morgan fingerprint density at radius 2 is 1.97 bits per heavy atom. The van der Waals surface area contributed by atoms with Crippen molar-refractivity contribution in [3.63, 3.8) is 0 Å². The lowest BCUT2D eigenvalue weighted by molar-refractivity contribution is 0.102. The molecule has 1 aliphatic rings. The van der Waals surface area contributed by atoms with E-state index in [1.807, 2.05) is 30.3 Å². The molecule has 0 saturated heterocycles. The highest BCUT2D eigenvalue weighted by molar-refractivity contribution is 7.99. The third-order valence-electron chi connectivity index (χ3n) is 5.49. The molecular weight excluding hydrogens is 430 g/mol. The van der Waals surface area contributed by atoms with E-state index in [1.165, 1.54) is 24.6 Å². The van der Waals surface area contributed by atoms with Crippen molar-refractivity contribution >= 4 is 23.4 Å². The van der Waals surface area contributed by atoms with Crippen LogP contribution in [0.5, 0.6) is 0 Å². The summed E-state index contributed by atoms with van der Waals surface area (Å²) in [6.45, 7) is 0.356. The lowest BCUT2D eigenvalue weighted by Crippen LogP contribution is -2.37. The number of ketones is 1. The summed E-state index contributed by atoms with van der Waals surface area (Å²) in [4.78, 5) is 44.4. The van der Waals surface area contributed by atoms with Crippen molar-refractivity contribution in [2.75, 3.05) is 25.2 Å². The maximum Gasteiger partial charge on any atom is 0.330 e. The van der Waals surface area contributed by atoms with Gasteiger partial charge in [0, 0.05) is 18.5 Å². The van der Waals surface area contributed by atoms with E-state index in [1.54, 1.807) is 0 Å². The molecule has 3 aromatic rings. The summed E-state index contributed by atoms with van der Waals surface area (Å²) < 4.78 is 8.22. The van der Waals surface area contributed by atoms with E-state index in [0.29, 0.717) is 5.16 Å². The number of nitrogens with zero attached hydrogens (tertiary/aromatic N) is 3. The maximum atomic E-state index is 13.0. The predicted octanol–water partition coefficient (Wildman–Crippen LogP) is 1.80. The average Bonchev–Trinajstić information content (AvgIpc) is 3.16. The van der Waals surface area contributed by atoms with Crippen LogP contribution in [0.3, 0.4) is 0 Å². The first-order valence-electron chi connectivity index (χ1n) is 10.4. The van der Waals surface area contributed by atoms with Gasteiger partial charge in [0.2, 0.25) is 0 Å². The highest BCUT2D eigenvalue weighted by Gasteiger charge is 2.24. The van der Waals surface area contributed by atoms with Gasteiger partial charge in [0.15, 0.2) is 10.9 Å². The molecule has 0 saturated carbocycles. The van der Waals surface area contributed by atoms with Crippen LogP contribution in [0, 0.1) is 0 Å². The fourth-order valence-corrected chi connectivity index (χ4v) is 4.84. The van der Waals surface area contributed by atoms with Crippen molar-refractivity contribution in [3.05, 3.63) is 68.1 Å². The third-order valence-corrected chi connectivity index (χ3v) is 6.42. The van der Waals surface area contributed by atoms with Gasteiger partial charge in [-0.1, -0.05) is 30.0 Å². The van der Waals surface area contributed by atoms with Crippen LogP contribution in [0.25, 0.3) is 5.69 Å². The van der Waals surface area contributed by atoms with Crippen LogP contribution in [0.15, 0.2) is 45.1 Å². The minimum atomic E-state index is -0.780. The van der Waals surface area contributed by atoms with Gasteiger partial charge in [-0.05, 0) is 37.8 Å². The first kappa shape index (κ1) is 22.1. The number of methoxy groups -OCH3 is 1. The summed E-state index contributed by atoms with van der Waals surface area (Å²) in [5.41, 5.74) is 7.59. The minimum absolute atomic E-state index is 0.0293. The Bertz CT molecular complexity index is 1250. The van der Waals surface area contributed by atoms with Gasteiger partial charge in [-0.3, -0.25) is 23.7 Å². The van der Waals surface area contributed by atoms with E-state index in [9.17, 15) is 14.4 Å². The van der Waals surface area contributed by atoms with Crippen LogP contribution in [0.1, 0.15) is 34.6 Å². The molecule has 1 aromatic carbocycles. The second-order valence-electron chi connectivity index (χ2n) is 7.54. The molecule has 0 unspecified atom stereocenters. The number of hydrogen-bond donors (Lipinski definition) is 2. The maximum absolute atomic E-state index is 13.0. The molecule has 0 fully saturated rings. The van der Waals surface area contributed by atoms with Gasteiger partial charge in [0.1, 0.15) is 11.4 Å². The van der Waals surface area contributed by atoms with Gasteiger partial charge in [-0.25, -0.2) is 9.78 Å². The number of rotatable bonds is 8.